The smallest absolute Gasteiger partial charge is 0.339 e. The van der Waals surface area contributed by atoms with Crippen molar-refractivity contribution in [2.24, 2.45) is 23.1 Å². The molecule has 0 unspecified atom stereocenters. The van der Waals surface area contributed by atoms with Crippen LogP contribution in [0.5, 0.6) is 17.2 Å². The van der Waals surface area contributed by atoms with E-state index in [0.717, 1.165) is 10.8 Å². The van der Waals surface area contributed by atoms with Gasteiger partial charge in [0.1, 0.15) is 88.8 Å². The molecule has 10 atom stereocenters. The molecule has 131 heavy (non-hydrogen) atoms. The maximum atomic E-state index is 14.9. The number of aliphatic hydroxyl groups is 1. The number of urea groups is 1. The van der Waals surface area contributed by atoms with E-state index in [1.165, 1.54) is 67.5 Å². The van der Waals surface area contributed by atoms with E-state index in [0.29, 0.717) is 66.4 Å². The van der Waals surface area contributed by atoms with Gasteiger partial charge in [-0.25, -0.2) is 14.4 Å². The highest BCUT2D eigenvalue weighted by atomic mass is 35.5. The number of carbonyl (C=O) groups is 14. The summed E-state index contributed by atoms with van der Waals surface area (Å²) in [6.45, 7) is 5.20. The summed E-state index contributed by atoms with van der Waals surface area (Å²) in [5, 5.41) is 103. The average molecular weight is 1820 g/mol. The number of phenols is 3. The van der Waals surface area contributed by atoms with Gasteiger partial charge in [0.05, 0.1) is 6.61 Å². The number of benzene rings is 8. The zero-order chi connectivity index (χ0) is 95.3. The molecule has 2 heterocycles. The molecular formula is C93H108ClN17O20. The largest absolute Gasteiger partial charge is 0.508 e. The van der Waals surface area contributed by atoms with Crippen molar-refractivity contribution in [1.82, 2.24) is 68.4 Å². The maximum absolute atomic E-state index is 14.9. The van der Waals surface area contributed by atoms with Crippen LogP contribution in [0.15, 0.2) is 176 Å². The van der Waals surface area contributed by atoms with E-state index >= 15 is 0 Å². The van der Waals surface area contributed by atoms with E-state index in [4.69, 9.17) is 34.2 Å². The summed E-state index contributed by atoms with van der Waals surface area (Å²) < 4.78 is 0. The molecule has 8 aromatic carbocycles. The van der Waals surface area contributed by atoms with Gasteiger partial charge in [-0.05, 0) is 155 Å². The molecule has 1 saturated heterocycles. The van der Waals surface area contributed by atoms with E-state index in [2.05, 4.69) is 63.5 Å². The molecule has 1 aromatic heterocycles. The SMILES string of the molecule is CC(=O)N[C@H](Cc1ccc2ccccc2c1)C(=O)N[C@H](Cc1ccc(Cl)cc1)C(=O)N[C@H](Cc1cccnc1)C(=O)N[C@@H](CO)C(=O)N[C@@H](Cc1ccc(O)cc1)C(=O)N[C@H](CCCNC(N)=O)C(=O)N[C@@H](CC(C)C)C(=O)N[C@@H](CCCNC(=N)N)C(=O)N1CCC[C@H]1C(=O)N[C@H](C)C(N)=O.O=C(O)c1cc2ccccc2c(Cc2c(O)c(C(=O)O)cc3ccccc23)c1O. The number of fused-ring (bicyclic) bond motifs is 3. The van der Waals surface area contributed by atoms with Crippen LogP contribution in [-0.4, -0.2) is 216 Å². The number of aromatic carboxylic acids is 2. The van der Waals surface area contributed by atoms with Crippen LogP contribution in [-0.2, 0) is 84.8 Å². The average Bonchev–Trinajstić information content (AvgIpc) is 1.33. The molecule has 1 fully saturated rings. The number of nitrogens with zero attached hydrogens (tertiary/aromatic N) is 2. The Morgan fingerprint density at radius 3 is 1.44 bits per heavy atom. The molecule has 13 amide bonds. The number of nitrogens with two attached hydrogens (primary N) is 3. The summed E-state index contributed by atoms with van der Waals surface area (Å²) in [6, 6.07) is 30.2. The minimum atomic E-state index is -1.85. The molecule has 0 spiro atoms. The second-order valence-corrected chi connectivity index (χ2v) is 32.6. The van der Waals surface area contributed by atoms with Gasteiger partial charge in [0.2, 0.25) is 65.0 Å². The number of guanidine groups is 1. The molecule has 0 aliphatic carbocycles. The Morgan fingerprint density at radius 1 is 0.489 bits per heavy atom. The second kappa shape index (κ2) is 47.7. The molecule has 37 nitrogen and oxygen atoms in total. The number of primary amides is 2. The quantitative estimate of drug-likeness (QED) is 0.0147. The summed E-state index contributed by atoms with van der Waals surface area (Å²) >= 11 is 6.23. The topological polar surface area (TPSA) is 611 Å². The molecular weight excluding hydrogens is 1710 g/mol. The Hall–Kier alpha value is -15.0. The van der Waals surface area contributed by atoms with Crippen LogP contribution in [0.4, 0.5) is 4.79 Å². The van der Waals surface area contributed by atoms with Crippen molar-refractivity contribution in [3.8, 4) is 17.2 Å². The maximum Gasteiger partial charge on any atom is 0.339 e. The fourth-order valence-electron chi connectivity index (χ4n) is 15.1. The summed E-state index contributed by atoms with van der Waals surface area (Å²) in [5.74, 6) is -13.3. The van der Waals surface area contributed by atoms with Crippen LogP contribution in [0.25, 0.3) is 32.3 Å². The molecule has 1 aliphatic rings. The number of carbonyl (C=O) groups excluding carboxylic acids is 12. The number of nitrogens with one attached hydrogen (secondary N) is 12. The fourth-order valence-corrected chi connectivity index (χ4v) is 15.2. The van der Waals surface area contributed by atoms with Crippen molar-refractivity contribution < 1.29 is 97.8 Å². The van der Waals surface area contributed by atoms with Gasteiger partial charge < -0.3 is 111 Å². The van der Waals surface area contributed by atoms with E-state index in [-0.39, 0.29) is 119 Å². The molecule has 0 saturated carbocycles. The van der Waals surface area contributed by atoms with Crippen LogP contribution in [0.2, 0.25) is 5.02 Å². The molecule has 0 radical (unpaired) electrons. The lowest BCUT2D eigenvalue weighted by molar-refractivity contribution is -0.142. The minimum absolute atomic E-state index is 0.00169. The number of likely N-dealkylation sites (tertiary alicyclic amines) is 1. The normalized spacial score (nSPS) is 14.3. The monoisotopic (exact) mass is 1820 g/mol. The van der Waals surface area contributed by atoms with Gasteiger partial charge in [-0.1, -0.05) is 147 Å². The van der Waals surface area contributed by atoms with Crippen molar-refractivity contribution in [1.29, 1.82) is 5.41 Å². The summed E-state index contributed by atoms with van der Waals surface area (Å²) in [6.07, 6.45) is 2.67. The van der Waals surface area contributed by atoms with Gasteiger partial charge in [0.25, 0.3) is 0 Å². The number of amides is 13. The van der Waals surface area contributed by atoms with Crippen molar-refractivity contribution in [2.45, 2.75) is 165 Å². The number of halogens is 1. The van der Waals surface area contributed by atoms with Gasteiger partial charge in [0, 0.05) is 87.2 Å². The lowest BCUT2D eigenvalue weighted by atomic mass is 9.90. The molecule has 24 N–H and O–H groups in total. The Bertz CT molecular complexity index is 5570. The van der Waals surface area contributed by atoms with Crippen LogP contribution in [0, 0.1) is 11.3 Å². The van der Waals surface area contributed by atoms with Gasteiger partial charge in [-0.15, -0.1) is 0 Å². The van der Waals surface area contributed by atoms with Gasteiger partial charge in [-0.2, -0.15) is 0 Å². The first-order valence-corrected chi connectivity index (χ1v) is 42.7. The molecule has 0 bridgehead atoms. The van der Waals surface area contributed by atoms with Gasteiger partial charge in [0.15, 0.2) is 5.96 Å². The molecule has 38 heteroatoms. The zero-order valence-electron chi connectivity index (χ0n) is 72.3. The Labute approximate surface area is 758 Å². The predicted octanol–water partition coefficient (Wildman–Crippen LogP) is 3.89. The highest BCUT2D eigenvalue weighted by Gasteiger charge is 2.41. The van der Waals surface area contributed by atoms with Crippen molar-refractivity contribution in [3.05, 3.63) is 226 Å². The van der Waals surface area contributed by atoms with Crippen LogP contribution in [0.1, 0.15) is 127 Å². The third-order valence-corrected chi connectivity index (χ3v) is 22.0. The lowest BCUT2D eigenvalue weighted by Crippen LogP contribution is -2.61. The van der Waals surface area contributed by atoms with E-state index in [1.54, 1.807) is 98.8 Å². The second-order valence-electron chi connectivity index (χ2n) is 32.1. The Morgan fingerprint density at radius 2 is 0.931 bits per heavy atom. The van der Waals surface area contributed by atoms with Gasteiger partial charge in [-0.3, -0.25) is 63.1 Å². The fraction of sp³-hybridized carbons (Fsp3) is 0.333. The van der Waals surface area contributed by atoms with E-state index < -0.39 is 161 Å². The minimum Gasteiger partial charge on any atom is -0.508 e. The number of aliphatic hydroxyl groups excluding tert-OH is 1. The number of hydrogen-bond donors (Lipinski definition) is 21. The summed E-state index contributed by atoms with van der Waals surface area (Å²) in [5.41, 5.74) is 18.4. The van der Waals surface area contributed by atoms with Crippen LogP contribution < -0.4 is 75.7 Å². The molecule has 692 valence electrons. The third kappa shape index (κ3) is 29.0. The summed E-state index contributed by atoms with van der Waals surface area (Å²) in [7, 11) is 0. The lowest BCUT2D eigenvalue weighted by Gasteiger charge is -2.31. The third-order valence-electron chi connectivity index (χ3n) is 21.8. The summed E-state index contributed by atoms with van der Waals surface area (Å²) in [4.78, 5) is 195. The number of carboxylic acids is 2. The number of phenolic OH excluding ortho intramolecular Hbond substituents is 1. The number of rotatable bonds is 42. The predicted molar refractivity (Wildman–Crippen MR) is 486 cm³/mol. The van der Waals surface area contributed by atoms with Crippen molar-refractivity contribution in [2.75, 3.05) is 26.2 Å². The van der Waals surface area contributed by atoms with Crippen molar-refractivity contribution >= 4 is 133 Å². The van der Waals surface area contributed by atoms with E-state index in [9.17, 15) is 97.8 Å². The Balaban J connectivity index is 0.000000556. The molecule has 9 aromatic rings. The molecule has 1 aliphatic heterocycles. The number of carboxylic acid groups (broad SMARTS) is 2. The molecule has 10 rings (SSSR count). The zero-order valence-corrected chi connectivity index (χ0v) is 73.1. The first-order valence-electron chi connectivity index (χ1n) is 42.3. The van der Waals surface area contributed by atoms with Crippen molar-refractivity contribution in [3.63, 3.8) is 0 Å². The first-order chi connectivity index (χ1) is 62.4. The Kier molecular flexibility index (Phi) is 36.3. The van der Waals surface area contributed by atoms with E-state index in [1.807, 2.05) is 42.5 Å². The van der Waals surface area contributed by atoms with Crippen LogP contribution >= 0.6 is 11.6 Å². The first kappa shape index (κ1) is 99.8. The highest BCUT2D eigenvalue weighted by molar-refractivity contribution is 6.30. The van der Waals surface area contributed by atoms with Gasteiger partial charge >= 0.3 is 18.0 Å². The number of hydrogen-bond acceptors (Lipinski definition) is 20. The van der Waals surface area contributed by atoms with Crippen LogP contribution in [0.3, 0.4) is 0 Å². The number of pyridine rings is 1. The number of aromatic hydroxyl groups is 3. The standard InChI is InChI=1S/C70H92ClN17O14.C23H16O6/c1-39(2)31-52(61(94)82-51(15-9-28-77-69(73)74)68(101)88-30-10-16-58(88)67(100)79-40(3)59(72)92)83-60(93)50(14-8-29-78-70(75)102)81-63(96)54(34-43-20-25-49(91)26-21-43)86-66(99)57(38-89)87-65(98)56(36-45-11-7-27-76-37-45)85-64(97)55(33-42-18-23-48(71)24-19-42)84-62(95)53(80-41(4)90)35-44-17-22-46-12-5-6-13-47(46)32-44;24-20-16(14-7-3-1-5-12(14)9-18(20)22(26)27)11-17-15-8-4-2-6-13(15)10-19(21(17)25)23(28)29/h5-7,11-13,17-27,32,37,39-40,50-58,89,91H,8-10,14-16,28-31,33-36,38H2,1-4H3,(H2,72,92)(H,79,100)(H,80,90)(H,81,96)(H,82,94)(H,83,93)(H,84,95)(H,85,97)(H,86,99)(H,87,98)(H4,73,74,77)(H3,75,78,102);1-10,24-25H,11H2,(H,26,27)(H,28,29)/t40-,50-,51+,52+,53-,54+,55-,56-,57+,58+;/m1./s1. The highest BCUT2D eigenvalue weighted by Crippen LogP contribution is 2.39. The number of aromatic nitrogens is 1.